The molecule has 18 heavy (non-hydrogen) atoms. The fraction of sp³-hybridized carbons (Fsp3) is 0.500. The summed E-state index contributed by atoms with van der Waals surface area (Å²) in [5.74, 6) is 0.339. The summed E-state index contributed by atoms with van der Waals surface area (Å²) in [6.07, 6.45) is 4.44. The normalized spacial score (nSPS) is 18.5. The standard InChI is InChI=1S/C14H17FN2O/c15-13-7-10(9-1-2-9)3-4-11(13)8-16-14(18)17-12-5-6-12/h3-4,7,9,12H,1-2,5-6,8H2,(H2,16,17,18). The lowest BCUT2D eigenvalue weighted by molar-refractivity contribution is 0.240. The number of nitrogens with one attached hydrogen (secondary N) is 2. The highest BCUT2D eigenvalue weighted by molar-refractivity contribution is 5.74. The van der Waals surface area contributed by atoms with Crippen LogP contribution in [-0.2, 0) is 6.54 Å². The van der Waals surface area contributed by atoms with Crippen LogP contribution in [0.1, 0.15) is 42.7 Å². The fourth-order valence-electron chi connectivity index (χ4n) is 2.02. The zero-order valence-electron chi connectivity index (χ0n) is 10.2. The number of benzene rings is 1. The van der Waals surface area contributed by atoms with Crippen LogP contribution in [0.2, 0.25) is 0 Å². The van der Waals surface area contributed by atoms with Gasteiger partial charge in [-0.2, -0.15) is 0 Å². The molecule has 96 valence electrons. The Morgan fingerprint density at radius 2 is 2.06 bits per heavy atom. The van der Waals surface area contributed by atoms with Crippen LogP contribution in [0.15, 0.2) is 18.2 Å². The molecule has 1 aromatic carbocycles. The summed E-state index contributed by atoms with van der Waals surface area (Å²) < 4.78 is 13.8. The summed E-state index contributed by atoms with van der Waals surface area (Å²) in [4.78, 5) is 11.4. The summed E-state index contributed by atoms with van der Waals surface area (Å²) >= 11 is 0. The van der Waals surface area contributed by atoms with Crippen LogP contribution < -0.4 is 10.6 Å². The molecule has 3 rings (SSSR count). The quantitative estimate of drug-likeness (QED) is 0.845. The van der Waals surface area contributed by atoms with Gasteiger partial charge in [-0.1, -0.05) is 12.1 Å². The second-order valence-corrected chi connectivity index (χ2v) is 5.23. The molecule has 0 radical (unpaired) electrons. The minimum absolute atomic E-state index is 0.205. The predicted molar refractivity (Wildman–Crippen MR) is 66.8 cm³/mol. The van der Waals surface area contributed by atoms with Crippen molar-refractivity contribution >= 4 is 6.03 Å². The number of hydrogen-bond donors (Lipinski definition) is 2. The van der Waals surface area contributed by atoms with Crippen molar-refractivity contribution in [3.05, 3.63) is 35.1 Å². The van der Waals surface area contributed by atoms with Gasteiger partial charge in [-0.15, -0.1) is 0 Å². The lowest BCUT2D eigenvalue weighted by Gasteiger charge is -2.08. The van der Waals surface area contributed by atoms with Gasteiger partial charge >= 0.3 is 6.03 Å². The molecular formula is C14H17FN2O. The minimum Gasteiger partial charge on any atom is -0.335 e. The van der Waals surface area contributed by atoms with Crippen LogP contribution in [0.5, 0.6) is 0 Å². The third-order valence-corrected chi connectivity index (χ3v) is 3.48. The molecule has 2 amide bonds. The van der Waals surface area contributed by atoms with Crippen molar-refractivity contribution in [2.75, 3.05) is 0 Å². The van der Waals surface area contributed by atoms with Crippen LogP contribution in [0.25, 0.3) is 0 Å². The van der Waals surface area contributed by atoms with Gasteiger partial charge in [0, 0.05) is 18.2 Å². The maximum absolute atomic E-state index is 13.8. The van der Waals surface area contributed by atoms with Crippen molar-refractivity contribution in [2.45, 2.75) is 44.2 Å². The number of hydrogen-bond acceptors (Lipinski definition) is 1. The molecular weight excluding hydrogens is 231 g/mol. The van der Waals surface area contributed by atoms with E-state index in [0.717, 1.165) is 18.4 Å². The number of rotatable bonds is 4. The Morgan fingerprint density at radius 1 is 1.28 bits per heavy atom. The van der Waals surface area contributed by atoms with E-state index in [1.165, 1.54) is 12.8 Å². The maximum atomic E-state index is 13.8. The molecule has 1 aromatic rings. The molecule has 0 aliphatic heterocycles. The van der Waals surface area contributed by atoms with Gasteiger partial charge in [0.15, 0.2) is 0 Å². The molecule has 2 saturated carbocycles. The van der Waals surface area contributed by atoms with E-state index < -0.39 is 0 Å². The SMILES string of the molecule is O=C(NCc1ccc(C2CC2)cc1F)NC1CC1. The summed E-state index contributed by atoms with van der Waals surface area (Å²) in [5, 5.41) is 5.50. The first-order chi connectivity index (χ1) is 8.72. The van der Waals surface area contributed by atoms with Gasteiger partial charge in [0.05, 0.1) is 0 Å². The second kappa shape index (κ2) is 4.59. The first-order valence-corrected chi connectivity index (χ1v) is 6.55. The molecule has 0 spiro atoms. The fourth-order valence-corrected chi connectivity index (χ4v) is 2.02. The van der Waals surface area contributed by atoms with Crippen molar-refractivity contribution < 1.29 is 9.18 Å². The molecule has 3 nitrogen and oxygen atoms in total. The van der Waals surface area contributed by atoms with Gasteiger partial charge in [0.2, 0.25) is 0 Å². The molecule has 4 heteroatoms. The average molecular weight is 248 g/mol. The summed E-state index contributed by atoms with van der Waals surface area (Å²) in [5.41, 5.74) is 1.63. The van der Waals surface area contributed by atoms with Crippen LogP contribution in [0.3, 0.4) is 0 Å². The first-order valence-electron chi connectivity index (χ1n) is 6.55. The number of carbonyl (C=O) groups excluding carboxylic acids is 1. The molecule has 0 bridgehead atoms. The van der Waals surface area contributed by atoms with Gasteiger partial charge in [-0.05, 0) is 43.2 Å². The zero-order chi connectivity index (χ0) is 12.5. The van der Waals surface area contributed by atoms with Gasteiger partial charge in [0.25, 0.3) is 0 Å². The van der Waals surface area contributed by atoms with Crippen molar-refractivity contribution in [1.29, 1.82) is 0 Å². The Hall–Kier alpha value is -1.58. The highest BCUT2D eigenvalue weighted by Gasteiger charge is 2.25. The van der Waals surface area contributed by atoms with Crippen molar-refractivity contribution in [3.8, 4) is 0 Å². The highest BCUT2D eigenvalue weighted by atomic mass is 19.1. The lowest BCUT2D eigenvalue weighted by atomic mass is 10.1. The lowest BCUT2D eigenvalue weighted by Crippen LogP contribution is -2.36. The van der Waals surface area contributed by atoms with Crippen molar-refractivity contribution in [2.24, 2.45) is 0 Å². The first kappa shape index (κ1) is 11.5. The van der Waals surface area contributed by atoms with E-state index in [1.54, 1.807) is 12.1 Å². The van der Waals surface area contributed by atoms with Gasteiger partial charge in [-0.25, -0.2) is 9.18 Å². The van der Waals surface area contributed by atoms with Gasteiger partial charge in [0.1, 0.15) is 5.82 Å². The van der Waals surface area contributed by atoms with Crippen molar-refractivity contribution in [1.82, 2.24) is 10.6 Å². The Labute approximate surface area is 106 Å². The average Bonchev–Trinajstić information content (AvgIpc) is 3.20. The van der Waals surface area contributed by atoms with Crippen molar-refractivity contribution in [3.63, 3.8) is 0 Å². The number of urea groups is 1. The van der Waals surface area contributed by atoms with Crippen LogP contribution in [-0.4, -0.2) is 12.1 Å². The third-order valence-electron chi connectivity index (χ3n) is 3.48. The minimum atomic E-state index is -0.217. The molecule has 0 atom stereocenters. The number of amides is 2. The third kappa shape index (κ3) is 2.81. The summed E-state index contributed by atoms with van der Waals surface area (Å²) in [6, 6.07) is 5.47. The van der Waals surface area contributed by atoms with Gasteiger partial charge in [-0.3, -0.25) is 0 Å². The Balaban J connectivity index is 1.56. The molecule has 2 aliphatic rings. The van der Waals surface area contributed by atoms with E-state index in [-0.39, 0.29) is 18.4 Å². The monoisotopic (exact) mass is 248 g/mol. The molecule has 0 saturated heterocycles. The molecule has 2 N–H and O–H groups in total. The summed E-state index contributed by atoms with van der Waals surface area (Å²) in [7, 11) is 0. The van der Waals surface area contributed by atoms with E-state index in [4.69, 9.17) is 0 Å². The van der Waals surface area contributed by atoms with Crippen LogP contribution in [0.4, 0.5) is 9.18 Å². The summed E-state index contributed by atoms with van der Waals surface area (Å²) in [6.45, 7) is 0.245. The molecule has 0 aromatic heterocycles. The highest BCUT2D eigenvalue weighted by Crippen LogP contribution is 2.40. The van der Waals surface area contributed by atoms with Crippen LogP contribution >= 0.6 is 0 Å². The van der Waals surface area contributed by atoms with E-state index in [2.05, 4.69) is 10.6 Å². The largest absolute Gasteiger partial charge is 0.335 e. The Bertz CT molecular complexity index is 467. The van der Waals surface area contributed by atoms with Gasteiger partial charge < -0.3 is 10.6 Å². The molecule has 2 aliphatic carbocycles. The maximum Gasteiger partial charge on any atom is 0.315 e. The van der Waals surface area contributed by atoms with E-state index in [9.17, 15) is 9.18 Å². The molecule has 0 heterocycles. The zero-order valence-corrected chi connectivity index (χ0v) is 10.2. The predicted octanol–water partition coefficient (Wildman–Crippen LogP) is 2.66. The van der Waals surface area contributed by atoms with E-state index in [1.807, 2.05) is 6.07 Å². The Morgan fingerprint density at radius 3 is 2.67 bits per heavy atom. The van der Waals surface area contributed by atoms with E-state index >= 15 is 0 Å². The molecule has 2 fully saturated rings. The molecule has 0 unspecified atom stereocenters. The Kier molecular flexibility index (Phi) is 2.94. The van der Waals surface area contributed by atoms with Crippen LogP contribution in [0, 0.1) is 5.82 Å². The number of carbonyl (C=O) groups is 1. The topological polar surface area (TPSA) is 41.1 Å². The number of halogens is 1. The smallest absolute Gasteiger partial charge is 0.315 e. The van der Waals surface area contributed by atoms with E-state index in [0.29, 0.717) is 17.5 Å². The second-order valence-electron chi connectivity index (χ2n) is 5.23.